The van der Waals surface area contributed by atoms with E-state index in [1.807, 2.05) is 22.7 Å². The molecule has 0 unspecified atom stereocenters. The lowest BCUT2D eigenvalue weighted by atomic mass is 9.99. The maximum absolute atomic E-state index is 3.68. The van der Waals surface area contributed by atoms with Gasteiger partial charge >= 0.3 is 0 Å². The van der Waals surface area contributed by atoms with E-state index >= 15 is 0 Å². The molecule has 0 fully saturated rings. The lowest BCUT2D eigenvalue weighted by Gasteiger charge is -2.26. The molecule has 0 bridgehead atoms. The van der Waals surface area contributed by atoms with Gasteiger partial charge in [0.05, 0.1) is 22.1 Å². The number of nitrogens with zero attached hydrogens (tertiary/aromatic N) is 3. The summed E-state index contributed by atoms with van der Waals surface area (Å²) in [6.07, 6.45) is 0.972. The van der Waals surface area contributed by atoms with Gasteiger partial charge in [0.2, 0.25) is 0 Å². The van der Waals surface area contributed by atoms with Gasteiger partial charge in [0, 0.05) is 106 Å². The molecule has 4 aromatic heterocycles. The highest BCUT2D eigenvalue weighted by Crippen LogP contribution is 2.47. The first-order chi connectivity index (χ1) is 52.9. The molecule has 0 amide bonds. The monoisotopic (exact) mass is 1460 g/mol. The first-order valence-electron chi connectivity index (χ1n) is 36.4. The SMILES string of the molecule is Brc1ccc2c(c1)c1cc3ccc4c5ccccc5sc4c3cc1n2-c1ccccc1.c1ccc(-c2ccc(Cc3ccc4ccccc4c3)cc2)cc1.c1ccc(-c2ccc(N(c3ccc4ccccc4c3)c3ccc4c(c3)c3cc5ccc6c7ccccc7sc6c5cc3n4-c3ccccc3)cc2)cc1. The Bertz CT molecular complexity index is 7140. The van der Waals surface area contributed by atoms with Crippen molar-refractivity contribution in [3.05, 3.63) is 404 Å². The second kappa shape index (κ2) is 27.1. The topological polar surface area (TPSA) is 13.1 Å². The molecule has 0 saturated heterocycles. The molecule has 22 rings (SSSR count). The summed E-state index contributed by atoms with van der Waals surface area (Å²) < 4.78 is 11.3. The molecule has 504 valence electrons. The van der Waals surface area contributed by atoms with Crippen molar-refractivity contribution in [2.24, 2.45) is 0 Å². The van der Waals surface area contributed by atoms with E-state index in [2.05, 4.69) is 418 Å². The van der Waals surface area contributed by atoms with Crippen LogP contribution in [0.4, 0.5) is 17.1 Å². The van der Waals surface area contributed by atoms with Crippen molar-refractivity contribution in [3.8, 4) is 33.6 Å². The van der Waals surface area contributed by atoms with Gasteiger partial charge in [-0.3, -0.25) is 0 Å². The lowest BCUT2D eigenvalue weighted by Crippen LogP contribution is -2.10. The van der Waals surface area contributed by atoms with Gasteiger partial charge in [-0.05, 0) is 193 Å². The second-order valence-corrected chi connectivity index (χ2v) is 30.7. The normalized spacial score (nSPS) is 11.6. The highest BCUT2D eigenvalue weighted by Gasteiger charge is 2.22. The molecule has 0 saturated carbocycles. The molecule has 0 aliphatic heterocycles. The summed E-state index contributed by atoms with van der Waals surface area (Å²) in [5, 5.41) is 20.6. The van der Waals surface area contributed by atoms with E-state index in [1.54, 1.807) is 0 Å². The molecule has 0 radical (unpaired) electrons. The summed E-state index contributed by atoms with van der Waals surface area (Å²) in [6, 6.07) is 141. The van der Waals surface area contributed by atoms with Gasteiger partial charge in [-0.1, -0.05) is 283 Å². The van der Waals surface area contributed by atoms with Crippen LogP contribution in [0.25, 0.3) is 161 Å². The van der Waals surface area contributed by atoms with E-state index in [1.165, 1.54) is 166 Å². The average Bonchev–Trinajstić information content (AvgIpc) is 1.58. The third-order valence-electron chi connectivity index (χ3n) is 21.2. The van der Waals surface area contributed by atoms with Crippen molar-refractivity contribution in [3.63, 3.8) is 0 Å². The van der Waals surface area contributed by atoms with Gasteiger partial charge in [-0.2, -0.15) is 0 Å². The molecule has 22 aromatic rings. The lowest BCUT2D eigenvalue weighted by molar-refractivity contribution is 1.18. The summed E-state index contributed by atoms with van der Waals surface area (Å²) in [4.78, 5) is 2.40. The van der Waals surface area contributed by atoms with Gasteiger partial charge in [0.15, 0.2) is 0 Å². The van der Waals surface area contributed by atoms with E-state index in [0.29, 0.717) is 0 Å². The van der Waals surface area contributed by atoms with Crippen LogP contribution in [0.2, 0.25) is 0 Å². The number of halogens is 1. The van der Waals surface area contributed by atoms with Crippen LogP contribution in [0.5, 0.6) is 0 Å². The van der Waals surface area contributed by atoms with Gasteiger partial charge in [-0.25, -0.2) is 0 Å². The van der Waals surface area contributed by atoms with Gasteiger partial charge in [0.1, 0.15) is 0 Å². The van der Waals surface area contributed by atoms with Gasteiger partial charge in [0.25, 0.3) is 0 Å². The summed E-state index contributed by atoms with van der Waals surface area (Å²) in [7, 11) is 0. The number of hydrogen-bond acceptors (Lipinski definition) is 3. The van der Waals surface area contributed by atoms with E-state index < -0.39 is 0 Å². The molecule has 107 heavy (non-hydrogen) atoms. The van der Waals surface area contributed by atoms with Gasteiger partial charge in [-0.15, -0.1) is 22.7 Å². The van der Waals surface area contributed by atoms with Crippen LogP contribution in [0.1, 0.15) is 11.1 Å². The molecule has 0 aliphatic rings. The quantitative estimate of drug-likeness (QED) is 0.140. The van der Waals surface area contributed by atoms with Crippen LogP contribution in [0, 0.1) is 0 Å². The van der Waals surface area contributed by atoms with Crippen molar-refractivity contribution in [2.45, 2.75) is 6.42 Å². The number of thiophene rings is 2. The first-order valence-corrected chi connectivity index (χ1v) is 38.8. The van der Waals surface area contributed by atoms with Crippen LogP contribution in [-0.4, -0.2) is 9.13 Å². The summed E-state index contributed by atoms with van der Waals surface area (Å²) in [5.41, 5.74) is 18.2. The Labute approximate surface area is 635 Å². The molecule has 0 atom stereocenters. The molecule has 0 aliphatic carbocycles. The zero-order valence-corrected chi connectivity index (χ0v) is 61.4. The number of rotatable bonds is 9. The van der Waals surface area contributed by atoms with Gasteiger partial charge < -0.3 is 14.0 Å². The Balaban J connectivity index is 0.000000118. The van der Waals surface area contributed by atoms with Crippen molar-refractivity contribution in [1.82, 2.24) is 9.13 Å². The highest BCUT2D eigenvalue weighted by atomic mass is 79.9. The van der Waals surface area contributed by atoms with Crippen molar-refractivity contribution >= 4 is 183 Å². The summed E-state index contributed by atoms with van der Waals surface area (Å²) >= 11 is 7.47. The van der Waals surface area contributed by atoms with Crippen LogP contribution in [0.3, 0.4) is 0 Å². The fourth-order valence-electron chi connectivity index (χ4n) is 16.1. The fraction of sp³-hybridized carbons (Fsp3) is 0.00990. The third-order valence-corrected chi connectivity index (χ3v) is 24.2. The Morgan fingerprint density at radius 1 is 0.234 bits per heavy atom. The number of para-hydroxylation sites is 2. The summed E-state index contributed by atoms with van der Waals surface area (Å²) in [6.45, 7) is 0. The van der Waals surface area contributed by atoms with Crippen LogP contribution < -0.4 is 4.90 Å². The van der Waals surface area contributed by atoms with Crippen molar-refractivity contribution in [2.75, 3.05) is 4.90 Å². The molecule has 0 N–H and O–H groups in total. The number of hydrogen-bond donors (Lipinski definition) is 0. The van der Waals surface area contributed by atoms with Crippen LogP contribution in [0.15, 0.2) is 393 Å². The molecular weight excluding hydrogens is 1400 g/mol. The Kier molecular flexibility index (Phi) is 16.2. The van der Waals surface area contributed by atoms with Crippen molar-refractivity contribution in [1.29, 1.82) is 0 Å². The minimum Gasteiger partial charge on any atom is -0.310 e. The van der Waals surface area contributed by atoms with E-state index in [9.17, 15) is 0 Å². The summed E-state index contributed by atoms with van der Waals surface area (Å²) in [5.74, 6) is 0. The molecular formula is C101H66BrN3S2. The maximum atomic E-state index is 3.68. The minimum absolute atomic E-state index is 0.972. The Morgan fingerprint density at radius 2 is 0.626 bits per heavy atom. The van der Waals surface area contributed by atoms with Crippen molar-refractivity contribution < 1.29 is 0 Å². The highest BCUT2D eigenvalue weighted by molar-refractivity contribution is 9.10. The maximum Gasteiger partial charge on any atom is 0.0547 e. The van der Waals surface area contributed by atoms with E-state index in [-0.39, 0.29) is 0 Å². The second-order valence-electron chi connectivity index (χ2n) is 27.7. The fourth-order valence-corrected chi connectivity index (χ4v) is 18.9. The zero-order valence-electron chi connectivity index (χ0n) is 58.2. The first kappa shape index (κ1) is 64.0. The standard InChI is InChI=1S/C50H32N2S.C28H16BrNS.C23H18/c1-3-11-33(12-4-1)35-19-23-39(24-20-35)51(40-25-21-34-13-7-8-14-36(34)29-40)41-26-28-47-46(31-41)45-30-37-22-27-43-42-17-9-10-18-49(42)53-50(43)44(37)32-48(45)52(47)38-15-5-2-6-16-38;29-18-11-13-25-24(15-18)23-14-17-10-12-21-20-8-4-5-9-27(20)31-28(21)22(17)16-26(23)30(25)19-6-2-1-3-7-19;1-2-6-20(7-3-1)22-13-10-18(11-14-22)16-19-12-15-21-8-4-5-9-23(21)17-19/h1-32H;1-16H;1-15,17H,16H2. The molecule has 3 nitrogen and oxygen atoms in total. The number of aromatic nitrogens is 2. The third kappa shape index (κ3) is 11.8. The van der Waals surface area contributed by atoms with Crippen LogP contribution in [-0.2, 0) is 6.42 Å². The average molecular weight is 1470 g/mol. The van der Waals surface area contributed by atoms with Crippen LogP contribution >= 0.6 is 38.6 Å². The predicted molar refractivity (Wildman–Crippen MR) is 466 cm³/mol. The Hall–Kier alpha value is -12.7. The number of anilines is 3. The Morgan fingerprint density at radius 3 is 1.18 bits per heavy atom. The minimum atomic E-state index is 0.972. The van der Waals surface area contributed by atoms with E-state index in [0.717, 1.165) is 33.6 Å². The predicted octanol–water partition coefficient (Wildman–Crippen LogP) is 29.8. The molecule has 4 heterocycles. The largest absolute Gasteiger partial charge is 0.310 e. The molecule has 18 aromatic carbocycles. The smallest absolute Gasteiger partial charge is 0.0547 e. The zero-order chi connectivity index (χ0) is 70.9. The van der Waals surface area contributed by atoms with E-state index in [4.69, 9.17) is 0 Å². The number of fused-ring (bicyclic) bond motifs is 18. The molecule has 0 spiro atoms. The number of benzene rings is 18. The molecule has 6 heteroatoms.